The Morgan fingerprint density at radius 2 is 1.68 bits per heavy atom. The van der Waals surface area contributed by atoms with Gasteiger partial charge in [0.2, 0.25) is 0 Å². The van der Waals surface area contributed by atoms with Gasteiger partial charge in [0, 0.05) is 90.1 Å². The van der Waals surface area contributed by atoms with Crippen LogP contribution in [0.1, 0.15) is 166 Å². The molecule has 1 aromatic carbocycles. The fraction of sp³-hybridized carbons (Fsp3) is 0.718. The standard InChI is InChI=1S/C71H99N5O13S2/c1-4-55-57(58(66(86)89-55)42-22-25-74-33-42)40-9-8-10-41-31-71(88)60-51(21-23-69(71,24-26-75-67(72)73)64(41)68(3,87)56(81)30-49(65(84)85)46-20-17-39-14-13-37(2)27-47(39)48(46)28-40)70(44-11-6-5-7-12-44)32-54(80)62(82)50-36-91-90-35-43(38-15-18-45(78)19-16-38)29-53(79)52(34-77)76-61(60)63(83)59(50)70/h15-19,22,25,33,37,40-41,43-44,46-52,54-59,62,64-65,74,76-78,80-82,84-85,87-88H,4-7,10-14,20-21,23-24,26-32,34-36H2,1-3H3,(H4,72,73,75). The van der Waals surface area contributed by atoms with E-state index < -0.39 is 136 Å². The maximum atomic E-state index is 16.9. The molecule has 10 aliphatic rings. The highest BCUT2D eigenvalue weighted by Gasteiger charge is 2.76. The number of Topliss-reactive ketones (excluding diaryl/α,β-unsaturated/α-hetero) is 2. The summed E-state index contributed by atoms with van der Waals surface area (Å²) in [7, 11) is 3.01. The molecule has 2 saturated heterocycles. The SMILES string of the molecule is CCC1OC(=O)C(c2cc[nH]c2)C1C1C#CCC2CC3(O)C4=C5NC(CO)C(=O)CC(c6ccc(O)cc6)CSSCC6C(O)C(O)CC(C7CCCCC7)(C4CCC3(CCN=C(N)N)C2C(C)(O)C(O)CC(C(O)O)C2CC=C3CCC(C)CC3C2C1)C6C5=O. The highest BCUT2D eigenvalue weighted by atomic mass is 33.1. The number of aromatic nitrogens is 1. The second-order valence-electron chi connectivity index (χ2n) is 29.9. The fourth-order valence-electron chi connectivity index (χ4n) is 21.5. The minimum Gasteiger partial charge on any atom is -0.508 e. The Hall–Kier alpha value is -4.40. The monoisotopic (exact) mass is 1290 g/mol. The predicted octanol–water partition coefficient (Wildman–Crippen LogP) is 6.87. The maximum absolute atomic E-state index is 16.9. The van der Waals surface area contributed by atoms with Gasteiger partial charge in [-0.05, 0) is 179 Å². The molecule has 18 nitrogen and oxygen atoms in total. The summed E-state index contributed by atoms with van der Waals surface area (Å²) in [5.41, 5.74) is 8.85. The molecule has 1 aromatic heterocycles. The van der Waals surface area contributed by atoms with Gasteiger partial charge in [0.05, 0.1) is 47.7 Å². The van der Waals surface area contributed by atoms with Crippen molar-refractivity contribution in [1.29, 1.82) is 0 Å². The van der Waals surface area contributed by atoms with Crippen molar-refractivity contribution in [3.8, 4) is 17.6 Å². The molecule has 0 radical (unpaired) electrons. The van der Waals surface area contributed by atoms with Gasteiger partial charge in [0.1, 0.15) is 17.9 Å². The number of aliphatic hydroxyl groups is 8. The molecule has 23 atom stereocenters. The lowest BCUT2D eigenvalue weighted by atomic mass is 9.39. The van der Waals surface area contributed by atoms with E-state index in [2.05, 4.69) is 40.1 Å². The number of guanidine groups is 1. The average molecular weight is 1290 g/mol. The topological polar surface area (TPSA) is 335 Å². The minimum atomic E-state index is -2.12. The Morgan fingerprint density at radius 3 is 2.38 bits per heavy atom. The molecule has 7 fully saturated rings. The van der Waals surface area contributed by atoms with Crippen molar-refractivity contribution in [3.05, 3.63) is 76.8 Å². The van der Waals surface area contributed by atoms with Gasteiger partial charge < -0.3 is 72.5 Å². The van der Waals surface area contributed by atoms with Gasteiger partial charge in [-0.25, -0.2) is 0 Å². The molecule has 3 heterocycles. The number of fused-ring (bicyclic) bond motifs is 10. The highest BCUT2D eigenvalue weighted by Crippen LogP contribution is 2.75. The van der Waals surface area contributed by atoms with Crippen LogP contribution in [0.4, 0.5) is 0 Å². The van der Waals surface area contributed by atoms with Crippen molar-refractivity contribution in [2.45, 2.75) is 203 Å². The first kappa shape index (κ1) is 66.6. The Labute approximate surface area is 543 Å². The lowest BCUT2D eigenvalue weighted by Gasteiger charge is -2.66. The Bertz CT molecular complexity index is 3140. The summed E-state index contributed by atoms with van der Waals surface area (Å²) in [5.74, 6) is -0.209. The van der Waals surface area contributed by atoms with Gasteiger partial charge in [0.25, 0.3) is 0 Å². The summed E-state index contributed by atoms with van der Waals surface area (Å²) in [6.07, 6.45) is 8.29. The summed E-state index contributed by atoms with van der Waals surface area (Å²) in [6, 6.07) is 7.24. The molecule has 0 spiro atoms. The Balaban J connectivity index is 1.07. The van der Waals surface area contributed by atoms with Gasteiger partial charge >= 0.3 is 5.97 Å². The minimum absolute atomic E-state index is 0.0161. The molecule has 2 bridgehead atoms. The molecule has 0 amide bonds. The number of phenols is 1. The lowest BCUT2D eigenvalue weighted by Crippen LogP contribution is -2.69. The normalized spacial score (nSPS) is 43.1. The number of ketones is 2. The van der Waals surface area contributed by atoms with E-state index in [0.717, 1.165) is 62.5 Å². The third-order valence-corrected chi connectivity index (χ3v) is 27.9. The molecule has 498 valence electrons. The zero-order valence-corrected chi connectivity index (χ0v) is 54.7. The van der Waals surface area contributed by atoms with Crippen molar-refractivity contribution >= 4 is 45.1 Å². The second kappa shape index (κ2) is 26.7. The number of carbonyl (C=O) groups is 3. The van der Waals surface area contributed by atoms with Gasteiger partial charge in [0.15, 0.2) is 23.8 Å². The molecule has 5 saturated carbocycles. The van der Waals surface area contributed by atoms with E-state index in [9.17, 15) is 45.6 Å². The van der Waals surface area contributed by atoms with Crippen LogP contribution < -0.4 is 16.8 Å². The summed E-state index contributed by atoms with van der Waals surface area (Å²) in [5, 5.41) is 117. The smallest absolute Gasteiger partial charge is 0.314 e. The van der Waals surface area contributed by atoms with E-state index >= 15 is 14.7 Å². The number of nitrogens with zero attached hydrogens (tertiary/aromatic N) is 1. The number of aliphatic imine (C=N–C) groups is 1. The van der Waals surface area contributed by atoms with Crippen LogP contribution in [-0.2, 0) is 19.1 Å². The first-order valence-corrected chi connectivity index (χ1v) is 36.7. The third-order valence-electron chi connectivity index (χ3n) is 25.4. The van der Waals surface area contributed by atoms with Crippen molar-refractivity contribution in [1.82, 2.24) is 10.3 Å². The number of benzene rings is 1. The van der Waals surface area contributed by atoms with E-state index in [1.807, 2.05) is 19.2 Å². The van der Waals surface area contributed by atoms with E-state index in [1.54, 1.807) is 37.4 Å². The summed E-state index contributed by atoms with van der Waals surface area (Å²) in [4.78, 5) is 54.1. The third kappa shape index (κ3) is 11.8. The van der Waals surface area contributed by atoms with Gasteiger partial charge in [-0.2, -0.15) is 0 Å². The number of allylic oxidation sites excluding steroid dienone is 3. The maximum Gasteiger partial charge on any atom is 0.314 e. The van der Waals surface area contributed by atoms with Gasteiger partial charge in [-0.15, -0.1) is 5.92 Å². The molecule has 2 aliphatic heterocycles. The number of aliphatic hydroxyl groups excluding tert-OH is 5. The van der Waals surface area contributed by atoms with Crippen molar-refractivity contribution < 1.29 is 65.1 Å². The molecular formula is C71H99N5O13S2. The summed E-state index contributed by atoms with van der Waals surface area (Å²) >= 11 is 0. The highest BCUT2D eigenvalue weighted by molar-refractivity contribution is 8.76. The van der Waals surface area contributed by atoms with Crippen molar-refractivity contribution in [2.75, 3.05) is 24.7 Å². The van der Waals surface area contributed by atoms with Crippen LogP contribution in [0.5, 0.6) is 5.75 Å². The molecule has 20 heteroatoms. The molecule has 2 aromatic rings. The van der Waals surface area contributed by atoms with Gasteiger partial charge in [-0.1, -0.05) is 84.4 Å². The van der Waals surface area contributed by atoms with E-state index in [4.69, 9.17) is 16.2 Å². The van der Waals surface area contributed by atoms with Crippen LogP contribution in [0, 0.1) is 99.6 Å². The van der Waals surface area contributed by atoms with Crippen molar-refractivity contribution in [2.24, 2.45) is 104 Å². The van der Waals surface area contributed by atoms with Crippen molar-refractivity contribution in [3.63, 3.8) is 0 Å². The second-order valence-corrected chi connectivity index (χ2v) is 32.4. The summed E-state index contributed by atoms with van der Waals surface area (Å²) < 4.78 is 6.31. The average Bonchev–Trinajstić information content (AvgIpc) is 1.65. The number of nitrogens with one attached hydrogen (secondary N) is 2. The number of hydrogen-bond donors (Lipinski definition) is 13. The van der Waals surface area contributed by atoms with Crippen LogP contribution in [0.25, 0.3) is 0 Å². The predicted molar refractivity (Wildman–Crippen MR) is 348 cm³/mol. The van der Waals surface area contributed by atoms with Crippen LogP contribution in [0.15, 0.2) is 70.6 Å². The molecule has 91 heavy (non-hydrogen) atoms. The zero-order chi connectivity index (χ0) is 64.5. The van der Waals surface area contributed by atoms with E-state index in [1.165, 1.54) is 27.2 Å². The Morgan fingerprint density at radius 1 is 0.923 bits per heavy atom. The quantitative estimate of drug-likeness (QED) is 0.0219. The van der Waals surface area contributed by atoms with E-state index in [-0.39, 0.29) is 104 Å². The summed E-state index contributed by atoms with van der Waals surface area (Å²) in [6.45, 7) is 5.11. The number of aromatic amines is 1. The number of cyclic esters (lactones) is 1. The van der Waals surface area contributed by atoms with Crippen LogP contribution in [-0.4, -0.2) is 147 Å². The number of rotatable bonds is 10. The van der Waals surface area contributed by atoms with Gasteiger partial charge in [-0.3, -0.25) is 19.4 Å². The first-order valence-electron chi connectivity index (χ1n) is 34.2. The van der Waals surface area contributed by atoms with Crippen LogP contribution in [0.3, 0.4) is 0 Å². The zero-order valence-electron chi connectivity index (χ0n) is 53.1. The largest absolute Gasteiger partial charge is 0.508 e. The van der Waals surface area contributed by atoms with Crippen LogP contribution >= 0.6 is 21.6 Å². The Kier molecular flexibility index (Phi) is 19.5. The number of esters is 1. The number of carbonyl (C=O) groups excluding carboxylic acids is 3. The molecule has 23 unspecified atom stereocenters. The van der Waals surface area contributed by atoms with Crippen LogP contribution in [0.2, 0.25) is 0 Å². The molecule has 12 rings (SSSR count). The number of H-pyrrole nitrogens is 1. The lowest BCUT2D eigenvalue weighted by molar-refractivity contribution is -0.208. The molecule has 8 aliphatic carbocycles. The number of hydrogen-bond acceptors (Lipinski definition) is 17. The number of aromatic hydroxyl groups is 1. The number of ether oxygens (including phenoxy) is 1. The number of phenolic OH excluding ortho intramolecular Hbond substituents is 1. The molecule has 15 N–H and O–H groups in total. The fourth-order valence-corrected chi connectivity index (χ4v) is 24.2. The first-order chi connectivity index (χ1) is 43.6. The number of nitrogens with two attached hydrogens (primary N) is 2. The molecular weight excluding hydrogens is 1190 g/mol. The van der Waals surface area contributed by atoms with E-state index in [0.29, 0.717) is 42.9 Å².